The number of aromatic nitrogens is 3. The molecule has 2 heterocycles. The van der Waals surface area contributed by atoms with Crippen molar-refractivity contribution in [1.29, 1.82) is 0 Å². The topological polar surface area (TPSA) is 47.8 Å². The molecule has 0 radical (unpaired) electrons. The molecule has 4 rings (SSSR count). The van der Waals surface area contributed by atoms with Crippen LogP contribution in [0.25, 0.3) is 11.3 Å². The van der Waals surface area contributed by atoms with Crippen LogP contribution in [-0.4, -0.2) is 14.8 Å². The van der Waals surface area contributed by atoms with Crippen molar-refractivity contribution >= 4 is 0 Å². The van der Waals surface area contributed by atoms with Crippen LogP contribution in [0.15, 0.2) is 53.5 Å². The van der Waals surface area contributed by atoms with Crippen LogP contribution in [-0.2, 0) is 12.0 Å². The molecule has 1 aliphatic rings. The Labute approximate surface area is 174 Å². The Morgan fingerprint density at radius 3 is 2.53 bits per heavy atom. The number of fused-ring (bicyclic) bond motifs is 1. The summed E-state index contributed by atoms with van der Waals surface area (Å²) in [6, 6.07) is 10.7. The highest BCUT2D eigenvalue weighted by atomic mass is 19.1. The molecular formula is C24H25F2N3O. The number of nitrogens with zero attached hydrogens (tertiary/aromatic N) is 3. The van der Waals surface area contributed by atoms with Crippen LogP contribution in [0.1, 0.15) is 50.8 Å². The summed E-state index contributed by atoms with van der Waals surface area (Å²) in [6.45, 7) is 6.84. The van der Waals surface area contributed by atoms with Gasteiger partial charge in [0.1, 0.15) is 11.6 Å². The number of hydrogen-bond donors (Lipinski definition) is 0. The standard InChI is InChI=1S/C24H25F2N3O/c1-15(2)24(14-29-12-5-4-9-21(29)30)11-10-16(3)17-13-20(27-28-23(17)24)22-18(25)7-6-8-19(22)26/h4-9,12-13,15-16H,10-11,14H2,1-3H3. The Bertz CT molecular complexity index is 1120. The molecule has 1 aromatic carbocycles. The smallest absolute Gasteiger partial charge is 0.250 e. The zero-order valence-corrected chi connectivity index (χ0v) is 17.4. The van der Waals surface area contributed by atoms with E-state index in [1.807, 2.05) is 6.07 Å². The maximum absolute atomic E-state index is 14.3. The Hall–Kier alpha value is -2.89. The van der Waals surface area contributed by atoms with Gasteiger partial charge in [-0.3, -0.25) is 4.79 Å². The molecular weight excluding hydrogens is 384 g/mol. The molecule has 30 heavy (non-hydrogen) atoms. The molecule has 6 heteroatoms. The Morgan fingerprint density at radius 2 is 1.87 bits per heavy atom. The Kier molecular flexibility index (Phi) is 5.26. The second-order valence-electron chi connectivity index (χ2n) is 8.55. The minimum atomic E-state index is -0.654. The average Bonchev–Trinajstić information content (AvgIpc) is 2.71. The van der Waals surface area contributed by atoms with Crippen molar-refractivity contribution in [3.8, 4) is 11.3 Å². The Morgan fingerprint density at radius 1 is 1.13 bits per heavy atom. The lowest BCUT2D eigenvalue weighted by molar-refractivity contribution is 0.206. The summed E-state index contributed by atoms with van der Waals surface area (Å²) in [7, 11) is 0. The second kappa shape index (κ2) is 7.74. The summed E-state index contributed by atoms with van der Waals surface area (Å²) in [4.78, 5) is 12.4. The van der Waals surface area contributed by atoms with E-state index in [1.54, 1.807) is 29.0 Å². The van der Waals surface area contributed by atoms with Gasteiger partial charge in [0, 0.05) is 24.2 Å². The summed E-state index contributed by atoms with van der Waals surface area (Å²) in [5.41, 5.74) is 1.38. The molecule has 1 aliphatic carbocycles. The molecule has 0 saturated heterocycles. The number of rotatable bonds is 4. The van der Waals surface area contributed by atoms with Crippen LogP contribution in [0.3, 0.4) is 0 Å². The molecule has 2 atom stereocenters. The zero-order valence-electron chi connectivity index (χ0n) is 17.4. The van der Waals surface area contributed by atoms with Gasteiger partial charge in [-0.05, 0) is 54.5 Å². The molecule has 4 nitrogen and oxygen atoms in total. The quantitative estimate of drug-likeness (QED) is 0.604. The van der Waals surface area contributed by atoms with Crippen molar-refractivity contribution in [2.75, 3.05) is 0 Å². The first kappa shape index (κ1) is 20.4. The van der Waals surface area contributed by atoms with Gasteiger partial charge in [0.2, 0.25) is 0 Å². The molecule has 3 aromatic rings. The van der Waals surface area contributed by atoms with E-state index in [4.69, 9.17) is 0 Å². The van der Waals surface area contributed by atoms with Crippen molar-refractivity contribution in [2.24, 2.45) is 5.92 Å². The van der Waals surface area contributed by atoms with E-state index in [0.717, 1.165) is 24.1 Å². The first-order valence-corrected chi connectivity index (χ1v) is 10.3. The number of pyridine rings is 1. The van der Waals surface area contributed by atoms with E-state index >= 15 is 0 Å². The molecule has 0 saturated carbocycles. The molecule has 0 N–H and O–H groups in total. The van der Waals surface area contributed by atoms with Crippen molar-refractivity contribution in [3.63, 3.8) is 0 Å². The van der Waals surface area contributed by atoms with Gasteiger partial charge in [0.15, 0.2) is 0 Å². The van der Waals surface area contributed by atoms with E-state index in [9.17, 15) is 13.6 Å². The summed E-state index contributed by atoms with van der Waals surface area (Å²) in [5, 5.41) is 8.77. The normalized spacial score (nSPS) is 20.9. The van der Waals surface area contributed by atoms with E-state index in [-0.39, 0.29) is 34.1 Å². The van der Waals surface area contributed by atoms with Crippen LogP contribution >= 0.6 is 0 Å². The number of halogens is 2. The monoisotopic (exact) mass is 409 g/mol. The third-order valence-corrected chi connectivity index (χ3v) is 6.52. The van der Waals surface area contributed by atoms with Gasteiger partial charge in [0.05, 0.1) is 17.0 Å². The van der Waals surface area contributed by atoms with E-state index in [2.05, 4.69) is 31.0 Å². The van der Waals surface area contributed by atoms with Gasteiger partial charge in [0.25, 0.3) is 5.56 Å². The van der Waals surface area contributed by atoms with Gasteiger partial charge in [-0.15, -0.1) is 0 Å². The predicted molar refractivity (Wildman–Crippen MR) is 112 cm³/mol. The van der Waals surface area contributed by atoms with Crippen LogP contribution in [0.2, 0.25) is 0 Å². The molecule has 156 valence electrons. The van der Waals surface area contributed by atoms with Crippen molar-refractivity contribution in [2.45, 2.75) is 51.5 Å². The number of benzene rings is 1. The maximum atomic E-state index is 14.3. The molecule has 0 fully saturated rings. The molecule has 2 aromatic heterocycles. The van der Waals surface area contributed by atoms with Crippen LogP contribution in [0.5, 0.6) is 0 Å². The van der Waals surface area contributed by atoms with E-state index in [0.29, 0.717) is 6.54 Å². The fourth-order valence-corrected chi connectivity index (χ4v) is 4.58. The molecule has 2 unspecified atom stereocenters. The van der Waals surface area contributed by atoms with Gasteiger partial charge in [-0.2, -0.15) is 10.2 Å². The highest BCUT2D eigenvalue weighted by Gasteiger charge is 2.44. The van der Waals surface area contributed by atoms with Crippen LogP contribution in [0, 0.1) is 17.6 Å². The molecule has 0 amide bonds. The van der Waals surface area contributed by atoms with Crippen molar-refractivity contribution < 1.29 is 8.78 Å². The molecule has 0 spiro atoms. The third kappa shape index (κ3) is 3.34. The second-order valence-corrected chi connectivity index (χ2v) is 8.55. The van der Waals surface area contributed by atoms with Crippen LogP contribution < -0.4 is 5.56 Å². The molecule has 0 aliphatic heterocycles. The number of hydrogen-bond acceptors (Lipinski definition) is 3. The average molecular weight is 409 g/mol. The fourth-order valence-electron chi connectivity index (χ4n) is 4.58. The summed E-state index contributed by atoms with van der Waals surface area (Å²) in [5.74, 6) is -0.929. The van der Waals surface area contributed by atoms with Gasteiger partial charge in [-0.25, -0.2) is 8.78 Å². The van der Waals surface area contributed by atoms with E-state index < -0.39 is 11.6 Å². The van der Waals surface area contributed by atoms with Gasteiger partial charge < -0.3 is 4.57 Å². The van der Waals surface area contributed by atoms with E-state index in [1.165, 1.54) is 18.2 Å². The largest absolute Gasteiger partial charge is 0.315 e. The highest BCUT2D eigenvalue weighted by molar-refractivity contribution is 5.62. The summed E-state index contributed by atoms with van der Waals surface area (Å²) >= 11 is 0. The maximum Gasteiger partial charge on any atom is 0.250 e. The molecule has 0 bridgehead atoms. The minimum Gasteiger partial charge on any atom is -0.315 e. The predicted octanol–water partition coefficient (Wildman–Crippen LogP) is 5.07. The fraction of sp³-hybridized carbons (Fsp3) is 0.375. The minimum absolute atomic E-state index is 0.0595. The lowest BCUT2D eigenvalue weighted by Crippen LogP contribution is -2.44. The van der Waals surface area contributed by atoms with Gasteiger partial charge in [-0.1, -0.05) is 32.9 Å². The Balaban J connectivity index is 1.87. The van der Waals surface area contributed by atoms with Gasteiger partial charge >= 0.3 is 0 Å². The highest BCUT2D eigenvalue weighted by Crippen LogP contribution is 2.47. The first-order valence-electron chi connectivity index (χ1n) is 10.3. The summed E-state index contributed by atoms with van der Waals surface area (Å²) < 4.78 is 30.4. The lowest BCUT2D eigenvalue weighted by Gasteiger charge is -2.43. The van der Waals surface area contributed by atoms with Crippen molar-refractivity contribution in [1.82, 2.24) is 14.8 Å². The third-order valence-electron chi connectivity index (χ3n) is 6.52. The lowest BCUT2D eigenvalue weighted by atomic mass is 9.63. The van der Waals surface area contributed by atoms with Crippen LogP contribution in [0.4, 0.5) is 8.78 Å². The van der Waals surface area contributed by atoms with Crippen molar-refractivity contribution in [3.05, 3.63) is 81.9 Å². The zero-order chi connectivity index (χ0) is 21.5. The first-order chi connectivity index (χ1) is 14.3. The summed E-state index contributed by atoms with van der Waals surface area (Å²) in [6.07, 6.45) is 3.56. The SMILES string of the molecule is CC1CCC(Cn2ccccc2=O)(C(C)C)c2nnc(-c3c(F)cccc3F)cc21.